The molecule has 0 spiro atoms. The molecule has 1 aromatic carbocycles. The van der Waals surface area contributed by atoms with E-state index in [-0.39, 0.29) is 17.4 Å². The maximum atomic E-state index is 12.0. The van der Waals surface area contributed by atoms with Crippen molar-refractivity contribution in [2.75, 3.05) is 0 Å². The third-order valence-corrected chi connectivity index (χ3v) is 3.40. The average Bonchev–Trinajstić information content (AvgIpc) is 2.40. The van der Waals surface area contributed by atoms with Gasteiger partial charge >= 0.3 is 6.36 Å². The lowest BCUT2D eigenvalue weighted by molar-refractivity contribution is -0.274. The molecule has 1 amide bonds. The molecule has 1 saturated carbocycles. The number of aliphatic hydroxyl groups excluding tert-OH is 1. The van der Waals surface area contributed by atoms with Crippen LogP contribution in [0.5, 0.6) is 5.75 Å². The number of aliphatic hydroxyl groups is 1. The SMILES string of the molecule is O=C(NC1CCCCC1O)c1ccc(OC(F)(F)F)cc1. The fourth-order valence-corrected chi connectivity index (χ4v) is 2.34. The predicted molar refractivity (Wildman–Crippen MR) is 68.9 cm³/mol. The molecule has 1 aliphatic rings. The number of carbonyl (C=O) groups is 1. The third-order valence-electron chi connectivity index (χ3n) is 3.40. The molecule has 2 rings (SSSR count). The highest BCUT2D eigenvalue weighted by Crippen LogP contribution is 2.23. The zero-order valence-corrected chi connectivity index (χ0v) is 11.2. The number of alkyl halides is 3. The van der Waals surface area contributed by atoms with E-state index in [1.165, 1.54) is 12.1 Å². The first-order valence-electron chi connectivity index (χ1n) is 6.70. The highest BCUT2D eigenvalue weighted by molar-refractivity contribution is 5.94. The normalized spacial score (nSPS) is 22.7. The highest BCUT2D eigenvalue weighted by atomic mass is 19.4. The lowest BCUT2D eigenvalue weighted by atomic mass is 9.92. The van der Waals surface area contributed by atoms with Crippen LogP contribution in [0.1, 0.15) is 36.0 Å². The van der Waals surface area contributed by atoms with Gasteiger partial charge in [-0.1, -0.05) is 12.8 Å². The van der Waals surface area contributed by atoms with Crippen LogP contribution >= 0.6 is 0 Å². The standard InChI is InChI=1S/C14H16F3NO3/c15-14(16,17)21-10-7-5-9(6-8-10)13(20)18-11-3-1-2-4-12(11)19/h5-8,11-12,19H,1-4H2,(H,18,20). The van der Waals surface area contributed by atoms with Gasteiger partial charge in [-0.2, -0.15) is 0 Å². The molecule has 0 heterocycles. The smallest absolute Gasteiger partial charge is 0.406 e. The van der Waals surface area contributed by atoms with Crippen LogP contribution in [0.3, 0.4) is 0 Å². The molecule has 21 heavy (non-hydrogen) atoms. The second kappa shape index (κ2) is 6.34. The minimum absolute atomic E-state index is 0.224. The summed E-state index contributed by atoms with van der Waals surface area (Å²) in [6.45, 7) is 0. The zero-order chi connectivity index (χ0) is 15.5. The maximum Gasteiger partial charge on any atom is 0.573 e. The molecule has 4 nitrogen and oxygen atoms in total. The summed E-state index contributed by atoms with van der Waals surface area (Å²) in [6.07, 6.45) is -2.13. The van der Waals surface area contributed by atoms with E-state index in [4.69, 9.17) is 0 Å². The number of rotatable bonds is 3. The Morgan fingerprint density at radius 1 is 1.19 bits per heavy atom. The highest BCUT2D eigenvalue weighted by Gasteiger charge is 2.31. The number of halogens is 3. The summed E-state index contributed by atoms with van der Waals surface area (Å²) < 4.78 is 39.8. The quantitative estimate of drug-likeness (QED) is 0.902. The Hall–Kier alpha value is -1.76. The molecule has 0 aromatic heterocycles. The number of nitrogens with one attached hydrogen (secondary N) is 1. The van der Waals surface area contributed by atoms with Gasteiger partial charge in [0.1, 0.15) is 5.75 Å². The van der Waals surface area contributed by atoms with Gasteiger partial charge in [-0.15, -0.1) is 13.2 Å². The van der Waals surface area contributed by atoms with Crippen LogP contribution in [0.4, 0.5) is 13.2 Å². The van der Waals surface area contributed by atoms with E-state index in [1.54, 1.807) is 0 Å². The summed E-state index contributed by atoms with van der Waals surface area (Å²) in [5.74, 6) is -0.795. The minimum atomic E-state index is -4.75. The summed E-state index contributed by atoms with van der Waals surface area (Å²) in [5, 5.41) is 12.5. The van der Waals surface area contributed by atoms with Gasteiger partial charge in [-0.25, -0.2) is 0 Å². The van der Waals surface area contributed by atoms with E-state index >= 15 is 0 Å². The fraction of sp³-hybridized carbons (Fsp3) is 0.500. The lowest BCUT2D eigenvalue weighted by Crippen LogP contribution is -2.45. The number of hydrogen-bond acceptors (Lipinski definition) is 3. The first kappa shape index (κ1) is 15.6. The second-order valence-corrected chi connectivity index (χ2v) is 5.00. The molecule has 2 N–H and O–H groups in total. The number of benzene rings is 1. The van der Waals surface area contributed by atoms with Crippen LogP contribution in [-0.4, -0.2) is 29.5 Å². The van der Waals surface area contributed by atoms with Gasteiger partial charge in [-0.05, 0) is 37.1 Å². The van der Waals surface area contributed by atoms with Crippen molar-refractivity contribution in [3.8, 4) is 5.75 Å². The van der Waals surface area contributed by atoms with E-state index in [0.29, 0.717) is 12.8 Å². The maximum absolute atomic E-state index is 12.0. The first-order chi connectivity index (χ1) is 9.85. The molecule has 1 aromatic rings. The third kappa shape index (κ3) is 4.63. The van der Waals surface area contributed by atoms with Crippen LogP contribution in [0.25, 0.3) is 0 Å². The van der Waals surface area contributed by atoms with Crippen molar-refractivity contribution in [3.63, 3.8) is 0 Å². The molecule has 1 aliphatic carbocycles. The average molecular weight is 303 g/mol. The summed E-state index contributed by atoms with van der Waals surface area (Å²) in [4.78, 5) is 12.0. The van der Waals surface area contributed by atoms with Gasteiger partial charge in [0.25, 0.3) is 5.91 Å². The van der Waals surface area contributed by atoms with Crippen LogP contribution in [0.15, 0.2) is 24.3 Å². The van der Waals surface area contributed by atoms with Crippen molar-refractivity contribution in [2.24, 2.45) is 0 Å². The van der Waals surface area contributed by atoms with Crippen LogP contribution in [-0.2, 0) is 0 Å². The molecule has 1 fully saturated rings. The number of amides is 1. The number of ether oxygens (including phenoxy) is 1. The molecule has 7 heteroatoms. The molecule has 0 bridgehead atoms. The lowest BCUT2D eigenvalue weighted by Gasteiger charge is -2.28. The topological polar surface area (TPSA) is 58.6 Å². The Bertz CT molecular complexity index is 487. The Kier molecular flexibility index (Phi) is 4.72. The predicted octanol–water partition coefficient (Wildman–Crippen LogP) is 2.62. The van der Waals surface area contributed by atoms with E-state index in [0.717, 1.165) is 25.0 Å². The van der Waals surface area contributed by atoms with E-state index < -0.39 is 18.4 Å². The van der Waals surface area contributed by atoms with Crippen molar-refractivity contribution in [1.82, 2.24) is 5.32 Å². The minimum Gasteiger partial charge on any atom is -0.406 e. The van der Waals surface area contributed by atoms with Gasteiger partial charge in [0.05, 0.1) is 12.1 Å². The van der Waals surface area contributed by atoms with Gasteiger partial charge in [0, 0.05) is 5.56 Å². The Balaban J connectivity index is 1.96. The molecule has 0 radical (unpaired) electrons. The van der Waals surface area contributed by atoms with Crippen molar-refractivity contribution >= 4 is 5.91 Å². The molecule has 0 saturated heterocycles. The van der Waals surface area contributed by atoms with E-state index in [2.05, 4.69) is 10.1 Å². The zero-order valence-electron chi connectivity index (χ0n) is 11.2. The van der Waals surface area contributed by atoms with Crippen molar-refractivity contribution in [2.45, 2.75) is 44.2 Å². The van der Waals surface area contributed by atoms with Crippen molar-refractivity contribution < 1.29 is 27.8 Å². The number of hydrogen-bond donors (Lipinski definition) is 2. The summed E-state index contributed by atoms with van der Waals surface area (Å²) in [6, 6.07) is 4.37. The molecule has 2 unspecified atom stereocenters. The first-order valence-corrected chi connectivity index (χ1v) is 6.70. The van der Waals surface area contributed by atoms with Crippen molar-refractivity contribution in [1.29, 1.82) is 0 Å². The van der Waals surface area contributed by atoms with Gasteiger partial charge in [0.15, 0.2) is 0 Å². The van der Waals surface area contributed by atoms with Gasteiger partial charge in [-0.3, -0.25) is 4.79 Å². The summed E-state index contributed by atoms with van der Waals surface area (Å²) in [7, 11) is 0. The van der Waals surface area contributed by atoms with Crippen LogP contribution < -0.4 is 10.1 Å². The van der Waals surface area contributed by atoms with E-state index in [9.17, 15) is 23.1 Å². The number of carbonyl (C=O) groups excluding carboxylic acids is 1. The van der Waals surface area contributed by atoms with Crippen LogP contribution in [0, 0.1) is 0 Å². The molecule has 2 atom stereocenters. The summed E-state index contributed by atoms with van der Waals surface area (Å²) in [5.41, 5.74) is 0.224. The second-order valence-electron chi connectivity index (χ2n) is 5.00. The van der Waals surface area contributed by atoms with Gasteiger partial charge < -0.3 is 15.2 Å². The molecule has 116 valence electrons. The molecule has 0 aliphatic heterocycles. The van der Waals surface area contributed by atoms with Crippen molar-refractivity contribution in [3.05, 3.63) is 29.8 Å². The fourth-order valence-electron chi connectivity index (χ4n) is 2.34. The van der Waals surface area contributed by atoms with E-state index in [1.807, 2.05) is 0 Å². The molecular weight excluding hydrogens is 287 g/mol. The Morgan fingerprint density at radius 3 is 2.38 bits per heavy atom. The summed E-state index contributed by atoms with van der Waals surface area (Å²) >= 11 is 0. The van der Waals surface area contributed by atoms with Crippen LogP contribution in [0.2, 0.25) is 0 Å². The Labute approximate surface area is 119 Å². The molecular formula is C14H16F3NO3. The largest absolute Gasteiger partial charge is 0.573 e. The van der Waals surface area contributed by atoms with Gasteiger partial charge in [0.2, 0.25) is 0 Å². The monoisotopic (exact) mass is 303 g/mol. The Morgan fingerprint density at radius 2 is 1.81 bits per heavy atom.